The number of rotatable bonds is 6. The molecule has 94 valence electrons. The van der Waals surface area contributed by atoms with Crippen LogP contribution in [0.1, 0.15) is 39.0 Å². The number of carboxylic acids is 1. The molecule has 3 atom stereocenters. The van der Waals surface area contributed by atoms with E-state index in [0.29, 0.717) is 0 Å². The molecule has 16 heavy (non-hydrogen) atoms. The molecule has 0 aromatic rings. The lowest BCUT2D eigenvalue weighted by molar-refractivity contribution is -0.139. The fourth-order valence-electron chi connectivity index (χ4n) is 2.27. The molecule has 3 nitrogen and oxygen atoms in total. The van der Waals surface area contributed by atoms with Gasteiger partial charge in [0.25, 0.3) is 0 Å². The van der Waals surface area contributed by atoms with Crippen LogP contribution in [0.3, 0.4) is 0 Å². The molecule has 2 N–H and O–H groups in total. The maximum absolute atomic E-state index is 10.8. The van der Waals surface area contributed by atoms with Crippen molar-refractivity contribution in [2.75, 3.05) is 12.8 Å². The summed E-state index contributed by atoms with van der Waals surface area (Å²) >= 11 is 1.96. The summed E-state index contributed by atoms with van der Waals surface area (Å²) < 4.78 is 0. The Balaban J connectivity index is 2.16. The van der Waals surface area contributed by atoms with Crippen LogP contribution in [-0.4, -0.2) is 35.2 Å². The van der Waals surface area contributed by atoms with Gasteiger partial charge in [0.2, 0.25) is 0 Å². The minimum absolute atomic E-state index is 0.381. The van der Waals surface area contributed by atoms with E-state index in [4.69, 9.17) is 5.11 Å². The normalized spacial score (nSPS) is 27.6. The van der Waals surface area contributed by atoms with Crippen LogP contribution in [-0.2, 0) is 4.79 Å². The lowest BCUT2D eigenvalue weighted by atomic mass is 9.91. The number of carbonyl (C=O) groups is 1. The van der Waals surface area contributed by atoms with Crippen molar-refractivity contribution in [2.45, 2.75) is 50.3 Å². The topological polar surface area (TPSA) is 49.3 Å². The Morgan fingerprint density at radius 1 is 1.56 bits per heavy atom. The smallest absolute Gasteiger partial charge is 0.320 e. The highest BCUT2D eigenvalue weighted by Gasteiger charge is 2.20. The predicted molar refractivity (Wildman–Crippen MR) is 69.0 cm³/mol. The highest BCUT2D eigenvalue weighted by Crippen LogP contribution is 2.32. The van der Waals surface area contributed by atoms with E-state index in [0.717, 1.165) is 23.3 Å². The number of carboxylic acid groups (broad SMARTS) is 1. The van der Waals surface area contributed by atoms with E-state index in [1.54, 1.807) is 7.05 Å². The number of hydrogen-bond acceptors (Lipinski definition) is 3. The van der Waals surface area contributed by atoms with Gasteiger partial charge in [0.1, 0.15) is 6.04 Å². The van der Waals surface area contributed by atoms with Crippen molar-refractivity contribution in [3.63, 3.8) is 0 Å². The maximum Gasteiger partial charge on any atom is 0.320 e. The van der Waals surface area contributed by atoms with E-state index >= 15 is 0 Å². The molecule has 1 aliphatic carbocycles. The van der Waals surface area contributed by atoms with E-state index in [2.05, 4.69) is 12.2 Å². The van der Waals surface area contributed by atoms with Gasteiger partial charge in [-0.3, -0.25) is 4.79 Å². The Morgan fingerprint density at radius 3 is 2.88 bits per heavy atom. The molecule has 4 heteroatoms. The van der Waals surface area contributed by atoms with Gasteiger partial charge in [-0.25, -0.2) is 0 Å². The van der Waals surface area contributed by atoms with Gasteiger partial charge >= 0.3 is 5.97 Å². The van der Waals surface area contributed by atoms with Gasteiger partial charge < -0.3 is 10.4 Å². The first-order chi connectivity index (χ1) is 7.63. The average Bonchev–Trinajstić information content (AvgIpc) is 2.24. The van der Waals surface area contributed by atoms with Crippen molar-refractivity contribution in [2.24, 2.45) is 5.92 Å². The fraction of sp³-hybridized carbons (Fsp3) is 0.917. The summed E-state index contributed by atoms with van der Waals surface area (Å²) in [4.78, 5) is 10.8. The van der Waals surface area contributed by atoms with Crippen LogP contribution in [0.15, 0.2) is 0 Å². The van der Waals surface area contributed by atoms with Gasteiger partial charge in [0, 0.05) is 5.25 Å². The van der Waals surface area contributed by atoms with Gasteiger partial charge in [-0.1, -0.05) is 19.8 Å². The SMILES string of the molecule is CNC(CCSC1CCCC(C)C1)C(=O)O. The molecule has 0 aromatic heterocycles. The van der Waals surface area contributed by atoms with Crippen LogP contribution in [0.2, 0.25) is 0 Å². The van der Waals surface area contributed by atoms with Crippen LogP contribution in [0.4, 0.5) is 0 Å². The summed E-state index contributed by atoms with van der Waals surface area (Å²) in [6.45, 7) is 2.32. The second-order valence-corrected chi connectivity index (χ2v) is 6.14. The summed E-state index contributed by atoms with van der Waals surface area (Å²) in [5, 5.41) is 12.5. The summed E-state index contributed by atoms with van der Waals surface area (Å²) in [5.41, 5.74) is 0. The van der Waals surface area contributed by atoms with Crippen LogP contribution in [0.25, 0.3) is 0 Å². The van der Waals surface area contributed by atoms with E-state index in [-0.39, 0.29) is 6.04 Å². The molecule has 1 rings (SSSR count). The van der Waals surface area contributed by atoms with Gasteiger partial charge in [0.05, 0.1) is 0 Å². The van der Waals surface area contributed by atoms with Gasteiger partial charge in [-0.2, -0.15) is 11.8 Å². The quantitative estimate of drug-likeness (QED) is 0.754. The molecule has 0 spiro atoms. The third-order valence-corrected chi connectivity index (χ3v) is 4.67. The Hall–Kier alpha value is -0.220. The molecule has 0 radical (unpaired) electrons. The Kier molecular flexibility index (Phi) is 6.21. The number of aliphatic carboxylic acids is 1. The first-order valence-corrected chi connectivity index (χ1v) is 7.20. The van der Waals surface area contributed by atoms with Crippen molar-refractivity contribution in [1.82, 2.24) is 5.32 Å². The minimum atomic E-state index is -0.736. The second kappa shape index (κ2) is 7.17. The van der Waals surface area contributed by atoms with Crippen LogP contribution in [0.5, 0.6) is 0 Å². The molecule has 1 aliphatic rings. The van der Waals surface area contributed by atoms with Crippen LogP contribution >= 0.6 is 11.8 Å². The molecule has 0 aliphatic heterocycles. The molecule has 1 saturated carbocycles. The van der Waals surface area contributed by atoms with Gasteiger partial charge in [0.15, 0.2) is 0 Å². The monoisotopic (exact) mass is 245 g/mol. The first-order valence-electron chi connectivity index (χ1n) is 6.15. The highest BCUT2D eigenvalue weighted by molar-refractivity contribution is 7.99. The zero-order valence-corrected chi connectivity index (χ0v) is 11.1. The lowest BCUT2D eigenvalue weighted by Gasteiger charge is -2.26. The number of nitrogens with one attached hydrogen (secondary N) is 1. The molecule has 0 aromatic carbocycles. The van der Waals surface area contributed by atoms with E-state index < -0.39 is 5.97 Å². The van der Waals surface area contributed by atoms with E-state index in [1.807, 2.05) is 11.8 Å². The molecule has 0 amide bonds. The zero-order chi connectivity index (χ0) is 12.0. The van der Waals surface area contributed by atoms with Crippen molar-refractivity contribution >= 4 is 17.7 Å². The second-order valence-electron chi connectivity index (χ2n) is 4.73. The Morgan fingerprint density at radius 2 is 2.31 bits per heavy atom. The molecule has 0 bridgehead atoms. The summed E-state index contributed by atoms with van der Waals surface area (Å²) in [5.74, 6) is 1.07. The zero-order valence-electron chi connectivity index (χ0n) is 10.2. The summed E-state index contributed by atoms with van der Waals surface area (Å²) in [7, 11) is 1.71. The Labute approximate surface area is 102 Å². The minimum Gasteiger partial charge on any atom is -0.480 e. The largest absolute Gasteiger partial charge is 0.480 e. The first kappa shape index (κ1) is 13.8. The molecule has 3 unspecified atom stereocenters. The standard InChI is InChI=1S/C12H23NO2S/c1-9-4-3-5-10(8-9)16-7-6-11(13-2)12(14)15/h9-11,13H,3-8H2,1-2H3,(H,14,15). The van der Waals surface area contributed by atoms with Crippen molar-refractivity contribution in [3.8, 4) is 0 Å². The van der Waals surface area contributed by atoms with Gasteiger partial charge in [-0.05, 0) is 38.0 Å². The van der Waals surface area contributed by atoms with Crippen molar-refractivity contribution in [3.05, 3.63) is 0 Å². The van der Waals surface area contributed by atoms with Crippen molar-refractivity contribution in [1.29, 1.82) is 0 Å². The highest BCUT2D eigenvalue weighted by atomic mass is 32.2. The molecule has 0 heterocycles. The Bertz CT molecular complexity index is 223. The number of likely N-dealkylation sites (N-methyl/N-ethyl adjacent to an activating group) is 1. The summed E-state index contributed by atoms with van der Waals surface area (Å²) in [6.07, 6.45) is 6.05. The maximum atomic E-state index is 10.8. The summed E-state index contributed by atoms with van der Waals surface area (Å²) in [6, 6.07) is -0.381. The van der Waals surface area contributed by atoms with Crippen LogP contribution < -0.4 is 5.32 Å². The van der Waals surface area contributed by atoms with Crippen molar-refractivity contribution < 1.29 is 9.90 Å². The van der Waals surface area contributed by atoms with Crippen LogP contribution in [0, 0.1) is 5.92 Å². The van der Waals surface area contributed by atoms with Gasteiger partial charge in [-0.15, -0.1) is 0 Å². The molecular weight excluding hydrogens is 222 g/mol. The predicted octanol–water partition coefficient (Wildman–Crippen LogP) is 2.36. The average molecular weight is 245 g/mol. The molecular formula is C12H23NO2S. The van der Waals surface area contributed by atoms with E-state index in [9.17, 15) is 4.79 Å². The lowest BCUT2D eigenvalue weighted by Crippen LogP contribution is -2.34. The van der Waals surface area contributed by atoms with E-state index in [1.165, 1.54) is 25.7 Å². The number of hydrogen-bond donors (Lipinski definition) is 2. The molecule has 1 fully saturated rings. The number of thioether (sulfide) groups is 1. The third-order valence-electron chi connectivity index (χ3n) is 3.29. The molecule has 0 saturated heterocycles. The fourth-order valence-corrected chi connectivity index (χ4v) is 3.78. The third kappa shape index (κ3) is 4.74.